The number of rotatable bonds is 3. The topological polar surface area (TPSA) is 69.2 Å². The zero-order chi connectivity index (χ0) is 9.97. The molecule has 1 aliphatic rings. The van der Waals surface area contributed by atoms with Crippen molar-refractivity contribution < 1.29 is 9.90 Å². The maximum absolute atomic E-state index is 11.1. The summed E-state index contributed by atoms with van der Waals surface area (Å²) in [5.41, 5.74) is 0.666. The summed E-state index contributed by atoms with van der Waals surface area (Å²) in [7, 11) is 0. The van der Waals surface area contributed by atoms with E-state index in [1.54, 1.807) is 12.3 Å². The smallest absolute Gasteiger partial charge is 0.327 e. The van der Waals surface area contributed by atoms with E-state index in [4.69, 9.17) is 5.11 Å². The van der Waals surface area contributed by atoms with Gasteiger partial charge in [-0.2, -0.15) is 5.10 Å². The lowest BCUT2D eigenvalue weighted by atomic mass is 10.2. The van der Waals surface area contributed by atoms with Crippen molar-refractivity contribution in [2.24, 2.45) is 0 Å². The molecule has 1 atom stereocenters. The number of hydrogen-bond donors (Lipinski definition) is 2. The number of hydrogen-bond acceptors (Lipinski definition) is 3. The Balaban J connectivity index is 2.19. The van der Waals surface area contributed by atoms with Crippen LogP contribution < -0.4 is 0 Å². The quantitative estimate of drug-likeness (QED) is 0.742. The summed E-state index contributed by atoms with van der Waals surface area (Å²) in [6.07, 6.45) is 3.75. The van der Waals surface area contributed by atoms with Gasteiger partial charge in [-0.3, -0.25) is 14.8 Å². The van der Waals surface area contributed by atoms with E-state index in [-0.39, 0.29) is 0 Å². The van der Waals surface area contributed by atoms with E-state index in [9.17, 15) is 4.79 Å². The summed E-state index contributed by atoms with van der Waals surface area (Å²) >= 11 is 0. The number of aromatic amines is 1. The first kappa shape index (κ1) is 9.21. The van der Waals surface area contributed by atoms with Crippen LogP contribution in [0, 0.1) is 0 Å². The molecule has 76 valence electrons. The van der Waals surface area contributed by atoms with Gasteiger partial charge in [0.1, 0.15) is 0 Å². The van der Waals surface area contributed by atoms with Crippen molar-refractivity contribution in [3.63, 3.8) is 0 Å². The molecule has 1 aliphatic heterocycles. The van der Waals surface area contributed by atoms with Crippen molar-refractivity contribution in [3.05, 3.63) is 18.0 Å². The van der Waals surface area contributed by atoms with Gasteiger partial charge < -0.3 is 5.11 Å². The zero-order valence-electron chi connectivity index (χ0n) is 7.81. The summed E-state index contributed by atoms with van der Waals surface area (Å²) in [6.45, 7) is 1.71. The summed E-state index contributed by atoms with van der Waals surface area (Å²) in [4.78, 5) is 13.1. The standard InChI is InChI=1S/C9H13N3O2/c13-9(14)8(7-3-4-10-11-7)12-5-1-2-6-12/h3-4,8H,1-2,5-6H2,(H,10,11)(H,13,14). The molecule has 2 rings (SSSR count). The van der Waals surface area contributed by atoms with E-state index in [0.29, 0.717) is 5.69 Å². The van der Waals surface area contributed by atoms with Gasteiger partial charge in [-0.15, -0.1) is 0 Å². The van der Waals surface area contributed by atoms with Crippen molar-refractivity contribution in [2.75, 3.05) is 13.1 Å². The largest absolute Gasteiger partial charge is 0.480 e. The number of nitrogens with zero attached hydrogens (tertiary/aromatic N) is 2. The second-order valence-electron chi connectivity index (χ2n) is 3.50. The van der Waals surface area contributed by atoms with Gasteiger partial charge in [0.05, 0.1) is 5.69 Å². The van der Waals surface area contributed by atoms with Crippen LogP contribution in [0.3, 0.4) is 0 Å². The van der Waals surface area contributed by atoms with Gasteiger partial charge in [0.25, 0.3) is 0 Å². The molecule has 0 radical (unpaired) electrons. The van der Waals surface area contributed by atoms with Crippen LogP contribution in [0.2, 0.25) is 0 Å². The van der Waals surface area contributed by atoms with E-state index in [1.165, 1.54) is 0 Å². The first-order valence-corrected chi connectivity index (χ1v) is 4.75. The second kappa shape index (κ2) is 3.79. The molecule has 2 heterocycles. The minimum atomic E-state index is -0.809. The Kier molecular flexibility index (Phi) is 2.49. The molecule has 1 fully saturated rings. The van der Waals surface area contributed by atoms with Crippen LogP contribution in [0.5, 0.6) is 0 Å². The number of aliphatic carboxylic acids is 1. The highest BCUT2D eigenvalue weighted by atomic mass is 16.4. The molecule has 5 nitrogen and oxygen atoms in total. The average Bonchev–Trinajstić information content (AvgIpc) is 2.75. The molecule has 0 saturated carbocycles. The molecule has 0 amide bonds. The Morgan fingerprint density at radius 1 is 1.57 bits per heavy atom. The third-order valence-electron chi connectivity index (χ3n) is 2.56. The van der Waals surface area contributed by atoms with Crippen molar-refractivity contribution in [3.8, 4) is 0 Å². The Labute approximate surface area is 81.7 Å². The van der Waals surface area contributed by atoms with Crippen LogP contribution in [0.25, 0.3) is 0 Å². The van der Waals surface area contributed by atoms with Gasteiger partial charge in [0.2, 0.25) is 0 Å². The van der Waals surface area contributed by atoms with Crippen LogP contribution in [0.4, 0.5) is 0 Å². The normalized spacial score (nSPS) is 19.7. The number of H-pyrrole nitrogens is 1. The number of carboxylic acid groups (broad SMARTS) is 1. The van der Waals surface area contributed by atoms with Crippen LogP contribution in [0.1, 0.15) is 24.6 Å². The molecule has 0 aliphatic carbocycles. The molecular formula is C9H13N3O2. The summed E-state index contributed by atoms with van der Waals surface area (Å²) in [5, 5.41) is 15.6. The van der Waals surface area contributed by atoms with Gasteiger partial charge in [-0.1, -0.05) is 0 Å². The first-order chi connectivity index (χ1) is 6.79. The van der Waals surface area contributed by atoms with Crippen LogP contribution >= 0.6 is 0 Å². The maximum Gasteiger partial charge on any atom is 0.327 e. The van der Waals surface area contributed by atoms with Crippen LogP contribution in [-0.4, -0.2) is 39.3 Å². The average molecular weight is 195 g/mol. The van der Waals surface area contributed by atoms with E-state index in [2.05, 4.69) is 10.2 Å². The minimum Gasteiger partial charge on any atom is -0.480 e. The molecule has 0 aromatic carbocycles. The summed E-state index contributed by atoms with van der Waals surface area (Å²) < 4.78 is 0. The van der Waals surface area contributed by atoms with Crippen LogP contribution in [-0.2, 0) is 4.79 Å². The van der Waals surface area contributed by atoms with Gasteiger partial charge in [-0.05, 0) is 32.0 Å². The number of carboxylic acids is 1. The Hall–Kier alpha value is -1.36. The number of likely N-dealkylation sites (tertiary alicyclic amines) is 1. The van der Waals surface area contributed by atoms with Gasteiger partial charge in [0, 0.05) is 6.20 Å². The first-order valence-electron chi connectivity index (χ1n) is 4.75. The fourth-order valence-electron chi connectivity index (χ4n) is 1.90. The number of aromatic nitrogens is 2. The lowest BCUT2D eigenvalue weighted by Gasteiger charge is -2.22. The highest BCUT2D eigenvalue weighted by Crippen LogP contribution is 2.23. The molecule has 5 heteroatoms. The molecule has 14 heavy (non-hydrogen) atoms. The molecule has 1 aromatic heterocycles. The van der Waals surface area contributed by atoms with E-state index < -0.39 is 12.0 Å². The molecule has 1 unspecified atom stereocenters. The maximum atomic E-state index is 11.1. The summed E-state index contributed by atoms with van der Waals surface area (Å²) in [5.74, 6) is -0.809. The van der Waals surface area contributed by atoms with Gasteiger partial charge in [-0.25, -0.2) is 0 Å². The SMILES string of the molecule is O=C(O)C(c1ccn[nH]1)N1CCCC1. The highest BCUT2D eigenvalue weighted by Gasteiger charge is 2.30. The van der Waals surface area contributed by atoms with Crippen molar-refractivity contribution in [2.45, 2.75) is 18.9 Å². The van der Waals surface area contributed by atoms with E-state index in [1.807, 2.05) is 4.90 Å². The van der Waals surface area contributed by atoms with Crippen molar-refractivity contribution in [1.29, 1.82) is 0 Å². The molecule has 0 spiro atoms. The molecule has 1 aromatic rings. The predicted molar refractivity (Wildman–Crippen MR) is 49.8 cm³/mol. The lowest BCUT2D eigenvalue weighted by molar-refractivity contribution is -0.143. The fraction of sp³-hybridized carbons (Fsp3) is 0.556. The van der Waals surface area contributed by atoms with Crippen molar-refractivity contribution >= 4 is 5.97 Å². The Morgan fingerprint density at radius 2 is 2.29 bits per heavy atom. The zero-order valence-corrected chi connectivity index (χ0v) is 7.81. The lowest BCUT2D eigenvalue weighted by Crippen LogP contribution is -2.31. The molecule has 0 bridgehead atoms. The number of carbonyl (C=O) groups is 1. The highest BCUT2D eigenvalue weighted by molar-refractivity contribution is 5.74. The van der Waals surface area contributed by atoms with Crippen LogP contribution in [0.15, 0.2) is 12.3 Å². The van der Waals surface area contributed by atoms with Gasteiger partial charge >= 0.3 is 5.97 Å². The monoisotopic (exact) mass is 195 g/mol. The molecule has 2 N–H and O–H groups in total. The summed E-state index contributed by atoms with van der Waals surface area (Å²) in [6, 6.07) is 1.16. The van der Waals surface area contributed by atoms with E-state index >= 15 is 0 Å². The predicted octanol–water partition coefficient (Wildman–Crippen LogP) is 0.631. The minimum absolute atomic E-state index is 0.556. The van der Waals surface area contributed by atoms with Crippen molar-refractivity contribution in [1.82, 2.24) is 15.1 Å². The second-order valence-corrected chi connectivity index (χ2v) is 3.50. The molecular weight excluding hydrogens is 182 g/mol. The van der Waals surface area contributed by atoms with Gasteiger partial charge in [0.15, 0.2) is 6.04 Å². The van der Waals surface area contributed by atoms with E-state index in [0.717, 1.165) is 25.9 Å². The third kappa shape index (κ3) is 1.63. The third-order valence-corrected chi connectivity index (χ3v) is 2.56. The Bertz CT molecular complexity index is 304. The fourth-order valence-corrected chi connectivity index (χ4v) is 1.90. The number of nitrogens with one attached hydrogen (secondary N) is 1. The Morgan fingerprint density at radius 3 is 2.79 bits per heavy atom. The molecule has 1 saturated heterocycles.